The summed E-state index contributed by atoms with van der Waals surface area (Å²) >= 11 is 0. The molecule has 0 spiro atoms. The van der Waals surface area contributed by atoms with Gasteiger partial charge in [0.25, 0.3) is 0 Å². The van der Waals surface area contributed by atoms with Gasteiger partial charge in [-0.15, -0.1) is 0 Å². The number of ether oxygens (including phenoxy) is 2. The zero-order valence-electron chi connectivity index (χ0n) is 8.65. The molecular formula is C8H16O5S. The first-order valence-corrected chi connectivity index (χ1v) is 6.21. The maximum Gasteiger partial charge on any atom is 0.309 e. The number of methoxy groups -OCH3 is 2. The van der Waals surface area contributed by atoms with Gasteiger partial charge in [0.1, 0.15) is 9.84 Å². The fourth-order valence-corrected chi connectivity index (χ4v) is 2.10. The highest BCUT2D eigenvalue weighted by atomic mass is 32.2. The van der Waals surface area contributed by atoms with Crippen molar-refractivity contribution in [3.8, 4) is 0 Å². The fraction of sp³-hybridized carbons (Fsp3) is 0.875. The lowest BCUT2D eigenvalue weighted by Crippen LogP contribution is -2.25. The average molecular weight is 224 g/mol. The topological polar surface area (TPSA) is 69.7 Å². The minimum Gasteiger partial charge on any atom is -0.469 e. The average Bonchev–Trinajstić information content (AvgIpc) is 2.09. The van der Waals surface area contributed by atoms with Crippen LogP contribution in [0.15, 0.2) is 0 Å². The Kier molecular flexibility index (Phi) is 5.71. The Morgan fingerprint density at radius 3 is 2.29 bits per heavy atom. The van der Waals surface area contributed by atoms with Gasteiger partial charge in [-0.2, -0.15) is 0 Å². The zero-order valence-corrected chi connectivity index (χ0v) is 9.46. The first-order valence-electron chi connectivity index (χ1n) is 4.15. The molecule has 0 N–H and O–H groups in total. The lowest BCUT2D eigenvalue weighted by atomic mass is 10.1. The molecule has 0 fully saturated rings. The van der Waals surface area contributed by atoms with E-state index in [4.69, 9.17) is 4.74 Å². The van der Waals surface area contributed by atoms with Crippen molar-refractivity contribution in [1.29, 1.82) is 0 Å². The van der Waals surface area contributed by atoms with E-state index in [-0.39, 0.29) is 5.75 Å². The van der Waals surface area contributed by atoms with Crippen LogP contribution in [-0.4, -0.2) is 47.2 Å². The number of carbonyl (C=O) groups excluding carboxylic acids is 1. The Labute approximate surface area is 84.3 Å². The minimum atomic E-state index is -3.17. The van der Waals surface area contributed by atoms with Crippen molar-refractivity contribution in [1.82, 2.24) is 0 Å². The summed E-state index contributed by atoms with van der Waals surface area (Å²) < 4.78 is 31.2. The van der Waals surface area contributed by atoms with E-state index in [1.807, 2.05) is 0 Å². The van der Waals surface area contributed by atoms with Crippen LogP contribution in [0, 0.1) is 5.92 Å². The summed E-state index contributed by atoms with van der Waals surface area (Å²) in [6.45, 7) is 0.343. The van der Waals surface area contributed by atoms with Gasteiger partial charge in [0.05, 0.1) is 18.8 Å². The van der Waals surface area contributed by atoms with Crippen molar-refractivity contribution in [2.45, 2.75) is 6.42 Å². The van der Waals surface area contributed by atoms with Crippen LogP contribution in [0.4, 0.5) is 0 Å². The number of sulfone groups is 1. The molecule has 0 saturated heterocycles. The molecular weight excluding hydrogens is 208 g/mol. The molecule has 1 atom stereocenters. The predicted octanol–water partition coefficient (Wildman–Crippen LogP) is -0.143. The van der Waals surface area contributed by atoms with Gasteiger partial charge in [0.15, 0.2) is 0 Å². The Morgan fingerprint density at radius 2 is 1.93 bits per heavy atom. The second-order valence-electron chi connectivity index (χ2n) is 3.09. The lowest BCUT2D eigenvalue weighted by Gasteiger charge is -2.12. The smallest absolute Gasteiger partial charge is 0.309 e. The molecule has 0 aliphatic rings. The summed E-state index contributed by atoms with van der Waals surface area (Å²) in [5.74, 6) is -1.33. The highest BCUT2D eigenvalue weighted by molar-refractivity contribution is 7.90. The van der Waals surface area contributed by atoms with Crippen LogP contribution in [-0.2, 0) is 24.1 Å². The van der Waals surface area contributed by atoms with E-state index >= 15 is 0 Å². The van der Waals surface area contributed by atoms with E-state index < -0.39 is 21.7 Å². The van der Waals surface area contributed by atoms with Crippen LogP contribution in [0.1, 0.15) is 6.42 Å². The maximum atomic E-state index is 11.2. The molecule has 0 heterocycles. The number of hydrogen-bond donors (Lipinski definition) is 0. The molecule has 0 radical (unpaired) electrons. The minimum absolute atomic E-state index is 0.191. The molecule has 0 aromatic heterocycles. The van der Waals surface area contributed by atoms with Crippen molar-refractivity contribution in [3.63, 3.8) is 0 Å². The molecule has 0 rings (SSSR count). The van der Waals surface area contributed by atoms with E-state index in [9.17, 15) is 13.2 Å². The molecule has 0 saturated carbocycles. The SMILES string of the molecule is COCCC(CS(C)(=O)=O)C(=O)OC. The van der Waals surface area contributed by atoms with Gasteiger partial charge in [0.2, 0.25) is 0 Å². The number of carbonyl (C=O) groups is 1. The monoisotopic (exact) mass is 224 g/mol. The third-order valence-electron chi connectivity index (χ3n) is 1.71. The van der Waals surface area contributed by atoms with Crippen molar-refractivity contribution >= 4 is 15.8 Å². The van der Waals surface area contributed by atoms with Gasteiger partial charge in [0, 0.05) is 20.0 Å². The Morgan fingerprint density at radius 1 is 1.36 bits per heavy atom. The van der Waals surface area contributed by atoms with Gasteiger partial charge >= 0.3 is 5.97 Å². The molecule has 0 aliphatic heterocycles. The lowest BCUT2D eigenvalue weighted by molar-refractivity contribution is -0.145. The summed E-state index contributed by atoms with van der Waals surface area (Å²) in [6.07, 6.45) is 1.45. The van der Waals surface area contributed by atoms with Crippen molar-refractivity contribution < 1.29 is 22.7 Å². The van der Waals surface area contributed by atoms with Gasteiger partial charge in [-0.3, -0.25) is 4.79 Å². The second kappa shape index (κ2) is 5.98. The molecule has 0 aromatic rings. The van der Waals surface area contributed by atoms with E-state index in [0.717, 1.165) is 6.26 Å². The van der Waals surface area contributed by atoms with Gasteiger partial charge < -0.3 is 9.47 Å². The van der Waals surface area contributed by atoms with Crippen LogP contribution in [0.2, 0.25) is 0 Å². The molecule has 0 bridgehead atoms. The van der Waals surface area contributed by atoms with Crippen LogP contribution in [0.5, 0.6) is 0 Å². The number of rotatable bonds is 6. The zero-order chi connectivity index (χ0) is 11.2. The first-order chi connectivity index (χ1) is 6.40. The van der Waals surface area contributed by atoms with Crippen molar-refractivity contribution in [2.24, 2.45) is 5.92 Å². The van der Waals surface area contributed by atoms with Crippen LogP contribution >= 0.6 is 0 Å². The normalized spacial score (nSPS) is 13.6. The third kappa shape index (κ3) is 5.93. The fourth-order valence-electron chi connectivity index (χ4n) is 1.06. The van der Waals surface area contributed by atoms with Gasteiger partial charge in [-0.1, -0.05) is 0 Å². The van der Waals surface area contributed by atoms with E-state index in [0.29, 0.717) is 13.0 Å². The van der Waals surface area contributed by atoms with Crippen LogP contribution in [0.3, 0.4) is 0 Å². The Bertz CT molecular complexity index is 269. The summed E-state index contributed by atoms with van der Waals surface area (Å²) in [7, 11) is -0.430. The maximum absolute atomic E-state index is 11.2. The summed E-state index contributed by atoms with van der Waals surface area (Å²) in [5.41, 5.74) is 0. The number of hydrogen-bond acceptors (Lipinski definition) is 5. The quantitative estimate of drug-likeness (QED) is 0.587. The molecule has 84 valence electrons. The predicted molar refractivity (Wildman–Crippen MR) is 51.7 cm³/mol. The molecule has 6 heteroatoms. The third-order valence-corrected chi connectivity index (χ3v) is 2.72. The molecule has 0 aromatic carbocycles. The molecule has 5 nitrogen and oxygen atoms in total. The summed E-state index contributed by atoms with van der Waals surface area (Å²) in [6, 6.07) is 0. The number of esters is 1. The van der Waals surface area contributed by atoms with E-state index in [1.165, 1.54) is 14.2 Å². The summed E-state index contributed by atoms with van der Waals surface area (Å²) in [5, 5.41) is 0. The molecule has 0 amide bonds. The van der Waals surface area contributed by atoms with Gasteiger partial charge in [-0.25, -0.2) is 8.42 Å². The van der Waals surface area contributed by atoms with Crippen molar-refractivity contribution in [2.75, 3.05) is 32.8 Å². The Balaban J connectivity index is 4.32. The van der Waals surface area contributed by atoms with E-state index in [2.05, 4.69) is 4.74 Å². The van der Waals surface area contributed by atoms with Crippen LogP contribution in [0.25, 0.3) is 0 Å². The van der Waals surface area contributed by atoms with E-state index in [1.54, 1.807) is 0 Å². The van der Waals surface area contributed by atoms with Crippen molar-refractivity contribution in [3.05, 3.63) is 0 Å². The molecule has 14 heavy (non-hydrogen) atoms. The summed E-state index contributed by atoms with van der Waals surface area (Å²) in [4.78, 5) is 11.2. The molecule has 1 unspecified atom stereocenters. The first kappa shape index (κ1) is 13.4. The second-order valence-corrected chi connectivity index (χ2v) is 5.28. The van der Waals surface area contributed by atoms with Gasteiger partial charge in [-0.05, 0) is 6.42 Å². The highest BCUT2D eigenvalue weighted by Crippen LogP contribution is 2.08. The standard InChI is InChI=1S/C8H16O5S/c1-12-5-4-7(8(9)13-2)6-14(3,10)11/h7H,4-6H2,1-3H3. The highest BCUT2D eigenvalue weighted by Gasteiger charge is 2.23. The largest absolute Gasteiger partial charge is 0.469 e. The Hall–Kier alpha value is -0.620. The van der Waals surface area contributed by atoms with Crippen LogP contribution < -0.4 is 0 Å². The molecule has 0 aliphatic carbocycles.